The third-order valence-corrected chi connectivity index (χ3v) is 4.04. The number of benzene rings is 2. The number of fused-ring (bicyclic) bond motifs is 1. The zero-order valence-corrected chi connectivity index (χ0v) is 12.0. The molecular formula is C17H16F3NO. The summed E-state index contributed by atoms with van der Waals surface area (Å²) in [6.45, 7) is 0. The van der Waals surface area contributed by atoms with E-state index in [-0.39, 0.29) is 6.42 Å². The SMILES string of the molecule is COc1cccc([C@@H]2Nc3ccccc3C[C@@H]2C(F)(F)F)c1. The van der Waals surface area contributed by atoms with Gasteiger partial charge in [0.15, 0.2) is 0 Å². The Kier molecular flexibility index (Phi) is 3.72. The molecule has 22 heavy (non-hydrogen) atoms. The topological polar surface area (TPSA) is 21.3 Å². The van der Waals surface area contributed by atoms with Crippen LogP contribution < -0.4 is 10.1 Å². The van der Waals surface area contributed by atoms with Crippen LogP contribution in [0.5, 0.6) is 5.75 Å². The van der Waals surface area contributed by atoms with E-state index in [1.165, 1.54) is 7.11 Å². The molecule has 0 radical (unpaired) electrons. The summed E-state index contributed by atoms with van der Waals surface area (Å²) >= 11 is 0. The molecule has 5 heteroatoms. The first kappa shape index (κ1) is 14.8. The fraction of sp³-hybridized carbons (Fsp3) is 0.294. The quantitative estimate of drug-likeness (QED) is 0.876. The van der Waals surface area contributed by atoms with Gasteiger partial charge in [0.2, 0.25) is 0 Å². The molecular weight excluding hydrogens is 291 g/mol. The summed E-state index contributed by atoms with van der Waals surface area (Å²) in [5, 5.41) is 3.05. The van der Waals surface area contributed by atoms with Gasteiger partial charge in [-0.15, -0.1) is 0 Å². The molecule has 0 bridgehead atoms. The van der Waals surface area contributed by atoms with Crippen molar-refractivity contribution in [1.82, 2.24) is 0 Å². The predicted octanol–water partition coefficient (Wildman–Crippen LogP) is 4.58. The first-order valence-corrected chi connectivity index (χ1v) is 7.04. The number of rotatable bonds is 2. The minimum absolute atomic E-state index is 0.0193. The zero-order chi connectivity index (χ0) is 15.7. The highest BCUT2D eigenvalue weighted by molar-refractivity contribution is 5.56. The summed E-state index contributed by atoms with van der Waals surface area (Å²) in [5.74, 6) is -0.909. The Morgan fingerprint density at radius 3 is 2.59 bits per heavy atom. The molecule has 2 atom stereocenters. The molecule has 0 saturated heterocycles. The number of ether oxygens (including phenoxy) is 1. The molecule has 1 heterocycles. The first-order valence-electron chi connectivity index (χ1n) is 7.04. The van der Waals surface area contributed by atoms with Crippen LogP contribution in [-0.4, -0.2) is 13.3 Å². The third kappa shape index (κ3) is 2.75. The van der Waals surface area contributed by atoms with Gasteiger partial charge in [0.1, 0.15) is 5.75 Å². The molecule has 0 unspecified atom stereocenters. The Morgan fingerprint density at radius 1 is 1.09 bits per heavy atom. The van der Waals surface area contributed by atoms with Crippen LogP contribution in [-0.2, 0) is 6.42 Å². The zero-order valence-electron chi connectivity index (χ0n) is 12.0. The molecule has 2 aromatic rings. The van der Waals surface area contributed by atoms with Crippen molar-refractivity contribution in [1.29, 1.82) is 0 Å². The maximum Gasteiger partial charge on any atom is 0.394 e. The standard InChI is InChI=1S/C17H16F3NO/c1-22-13-7-4-6-12(9-13)16-14(17(18,19)20)10-11-5-2-3-8-15(11)21-16/h2-9,14,16,21H,10H2,1H3/t14-,16-/m0/s1. The van der Waals surface area contributed by atoms with Crippen LogP contribution in [0.25, 0.3) is 0 Å². The number of halogens is 3. The lowest BCUT2D eigenvalue weighted by atomic mass is 9.83. The molecule has 0 aliphatic carbocycles. The highest BCUT2D eigenvalue weighted by Gasteiger charge is 2.47. The molecule has 116 valence electrons. The summed E-state index contributed by atoms with van der Waals surface area (Å²) in [4.78, 5) is 0. The molecule has 0 spiro atoms. The lowest BCUT2D eigenvalue weighted by Gasteiger charge is -2.36. The number of hydrogen-bond donors (Lipinski definition) is 1. The van der Waals surface area contributed by atoms with Crippen molar-refractivity contribution in [2.75, 3.05) is 12.4 Å². The molecule has 1 aliphatic heterocycles. The summed E-state index contributed by atoms with van der Waals surface area (Å²) in [7, 11) is 1.50. The van der Waals surface area contributed by atoms with Crippen LogP contribution >= 0.6 is 0 Å². The maximum absolute atomic E-state index is 13.5. The van der Waals surface area contributed by atoms with Crippen molar-refractivity contribution in [3.8, 4) is 5.75 Å². The van der Waals surface area contributed by atoms with E-state index in [2.05, 4.69) is 5.32 Å². The Balaban J connectivity index is 2.03. The van der Waals surface area contributed by atoms with Crippen LogP contribution in [0.3, 0.4) is 0 Å². The second-order valence-corrected chi connectivity index (χ2v) is 5.41. The Hall–Kier alpha value is -2.17. The second kappa shape index (κ2) is 5.55. The first-order chi connectivity index (χ1) is 10.5. The van der Waals surface area contributed by atoms with Crippen LogP contribution in [0.2, 0.25) is 0 Å². The van der Waals surface area contributed by atoms with Crippen molar-refractivity contribution in [2.24, 2.45) is 5.92 Å². The number of anilines is 1. The number of hydrogen-bond acceptors (Lipinski definition) is 2. The van der Waals surface area contributed by atoms with Gasteiger partial charge >= 0.3 is 6.18 Å². The van der Waals surface area contributed by atoms with Gasteiger partial charge in [0.25, 0.3) is 0 Å². The van der Waals surface area contributed by atoms with E-state index in [1.54, 1.807) is 36.4 Å². The van der Waals surface area contributed by atoms with Crippen LogP contribution in [0.4, 0.5) is 18.9 Å². The lowest BCUT2D eigenvalue weighted by Crippen LogP contribution is -2.38. The summed E-state index contributed by atoms with van der Waals surface area (Å²) in [6.07, 6.45) is -4.29. The summed E-state index contributed by atoms with van der Waals surface area (Å²) in [5.41, 5.74) is 2.04. The molecule has 0 amide bonds. The molecule has 0 saturated carbocycles. The van der Waals surface area contributed by atoms with Gasteiger partial charge < -0.3 is 10.1 Å². The smallest absolute Gasteiger partial charge is 0.394 e. The number of methoxy groups -OCH3 is 1. The van der Waals surface area contributed by atoms with Gasteiger partial charge in [-0.25, -0.2) is 0 Å². The fourth-order valence-electron chi connectivity index (χ4n) is 2.92. The van der Waals surface area contributed by atoms with Crippen LogP contribution in [0.15, 0.2) is 48.5 Å². The molecule has 1 N–H and O–H groups in total. The number of alkyl halides is 3. The van der Waals surface area contributed by atoms with Crippen molar-refractivity contribution in [2.45, 2.75) is 18.6 Å². The van der Waals surface area contributed by atoms with Crippen LogP contribution in [0, 0.1) is 5.92 Å². The van der Waals surface area contributed by atoms with Gasteiger partial charge in [-0.3, -0.25) is 0 Å². The second-order valence-electron chi connectivity index (χ2n) is 5.41. The Morgan fingerprint density at radius 2 is 1.86 bits per heavy atom. The number of nitrogens with one attached hydrogen (secondary N) is 1. The maximum atomic E-state index is 13.5. The van der Waals surface area contributed by atoms with E-state index in [4.69, 9.17) is 4.74 Å². The lowest BCUT2D eigenvalue weighted by molar-refractivity contribution is -0.179. The average Bonchev–Trinajstić information content (AvgIpc) is 2.53. The minimum Gasteiger partial charge on any atom is -0.497 e. The van der Waals surface area contributed by atoms with Crippen molar-refractivity contribution in [3.63, 3.8) is 0 Å². The molecule has 0 aromatic heterocycles. The van der Waals surface area contributed by atoms with Crippen molar-refractivity contribution in [3.05, 3.63) is 59.7 Å². The molecule has 1 aliphatic rings. The molecule has 3 rings (SSSR count). The van der Waals surface area contributed by atoms with E-state index in [9.17, 15) is 13.2 Å². The van der Waals surface area contributed by atoms with E-state index < -0.39 is 18.1 Å². The van der Waals surface area contributed by atoms with Crippen molar-refractivity contribution < 1.29 is 17.9 Å². The monoisotopic (exact) mass is 307 g/mol. The largest absolute Gasteiger partial charge is 0.497 e. The van der Waals surface area contributed by atoms with Gasteiger partial charge in [0, 0.05) is 5.69 Å². The Labute approximate surface area is 126 Å². The third-order valence-electron chi connectivity index (χ3n) is 4.04. The number of para-hydroxylation sites is 1. The molecule has 2 aromatic carbocycles. The van der Waals surface area contributed by atoms with E-state index in [0.717, 1.165) is 5.69 Å². The normalized spacial score (nSPS) is 20.9. The van der Waals surface area contributed by atoms with Gasteiger partial charge in [0.05, 0.1) is 19.1 Å². The van der Waals surface area contributed by atoms with E-state index in [0.29, 0.717) is 16.9 Å². The average molecular weight is 307 g/mol. The summed E-state index contributed by atoms with van der Waals surface area (Å²) < 4.78 is 45.6. The molecule has 2 nitrogen and oxygen atoms in total. The summed E-state index contributed by atoms with van der Waals surface area (Å²) in [6, 6.07) is 13.1. The van der Waals surface area contributed by atoms with E-state index in [1.807, 2.05) is 12.1 Å². The fourth-order valence-corrected chi connectivity index (χ4v) is 2.92. The highest BCUT2D eigenvalue weighted by atomic mass is 19.4. The van der Waals surface area contributed by atoms with Crippen molar-refractivity contribution >= 4 is 5.69 Å². The van der Waals surface area contributed by atoms with Gasteiger partial charge in [-0.05, 0) is 35.7 Å². The van der Waals surface area contributed by atoms with Crippen LogP contribution in [0.1, 0.15) is 17.2 Å². The Bertz CT molecular complexity index is 669. The van der Waals surface area contributed by atoms with E-state index >= 15 is 0 Å². The highest BCUT2D eigenvalue weighted by Crippen LogP contribution is 2.45. The molecule has 0 fully saturated rings. The van der Waals surface area contributed by atoms with Gasteiger partial charge in [-0.1, -0.05) is 30.3 Å². The van der Waals surface area contributed by atoms with Gasteiger partial charge in [-0.2, -0.15) is 13.2 Å². The minimum atomic E-state index is -4.27. The predicted molar refractivity (Wildman–Crippen MR) is 79.0 cm³/mol.